The summed E-state index contributed by atoms with van der Waals surface area (Å²) in [5, 5.41) is 0.509. The molecule has 0 unspecified atom stereocenters. The van der Waals surface area contributed by atoms with Crippen LogP contribution >= 0.6 is 11.6 Å². The van der Waals surface area contributed by atoms with Gasteiger partial charge in [0.05, 0.1) is 26.3 Å². The Hall–Kier alpha value is -1.79. The molecule has 142 valence electrons. The molecular formula is C19H25ClN2O4. The van der Waals surface area contributed by atoms with Gasteiger partial charge in [0.25, 0.3) is 5.91 Å². The maximum Gasteiger partial charge on any atom is 0.319 e. The van der Waals surface area contributed by atoms with E-state index in [2.05, 4.69) is 4.90 Å². The standard InChI is InChI=1S/C19H25ClN2O4/c1-25-17-7-6-14(20)9-15(17)19(24)22-10-13-5-3-4-8-21(16(13)11-22)12-18(23)26-2/h6-7,9,13,16H,3-5,8,10-12H2,1-2H3/t13-,16+/m0/s1. The maximum atomic E-state index is 13.1. The van der Waals surface area contributed by atoms with Crippen LogP contribution in [0, 0.1) is 5.92 Å². The minimum absolute atomic E-state index is 0.0737. The normalized spacial score (nSPS) is 23.3. The molecular weight excluding hydrogens is 356 g/mol. The number of benzene rings is 1. The van der Waals surface area contributed by atoms with Crippen molar-refractivity contribution < 1.29 is 19.1 Å². The topological polar surface area (TPSA) is 59.1 Å². The number of likely N-dealkylation sites (tertiary alicyclic amines) is 2. The van der Waals surface area contributed by atoms with Crippen LogP contribution in [0.1, 0.15) is 29.6 Å². The van der Waals surface area contributed by atoms with Gasteiger partial charge in [-0.3, -0.25) is 14.5 Å². The Bertz CT molecular complexity index is 682. The van der Waals surface area contributed by atoms with E-state index in [0.29, 0.717) is 35.3 Å². The summed E-state index contributed by atoms with van der Waals surface area (Å²) in [5.41, 5.74) is 0.482. The van der Waals surface area contributed by atoms with Crippen molar-refractivity contribution in [3.05, 3.63) is 28.8 Å². The largest absolute Gasteiger partial charge is 0.496 e. The number of ether oxygens (including phenoxy) is 2. The van der Waals surface area contributed by atoms with E-state index < -0.39 is 0 Å². The number of methoxy groups -OCH3 is 2. The van der Waals surface area contributed by atoms with Crippen molar-refractivity contribution in [3.63, 3.8) is 0 Å². The van der Waals surface area contributed by atoms with Crippen LogP contribution in [-0.4, -0.2) is 68.1 Å². The summed E-state index contributed by atoms with van der Waals surface area (Å²) in [5.74, 6) is 0.594. The van der Waals surface area contributed by atoms with Crippen molar-refractivity contribution in [2.45, 2.75) is 25.3 Å². The molecule has 0 saturated carbocycles. The van der Waals surface area contributed by atoms with Crippen molar-refractivity contribution in [1.82, 2.24) is 9.80 Å². The Morgan fingerprint density at radius 3 is 2.77 bits per heavy atom. The molecule has 0 N–H and O–H groups in total. The van der Waals surface area contributed by atoms with E-state index in [1.165, 1.54) is 7.11 Å². The van der Waals surface area contributed by atoms with Gasteiger partial charge in [0.15, 0.2) is 0 Å². The van der Waals surface area contributed by atoms with Crippen molar-refractivity contribution in [2.75, 3.05) is 40.4 Å². The first kappa shape index (κ1) is 19.0. The van der Waals surface area contributed by atoms with Gasteiger partial charge in [-0.2, -0.15) is 0 Å². The van der Waals surface area contributed by atoms with Crippen LogP contribution in [0.3, 0.4) is 0 Å². The third-order valence-electron chi connectivity index (χ3n) is 5.38. The number of esters is 1. The van der Waals surface area contributed by atoms with Gasteiger partial charge in [-0.05, 0) is 43.5 Å². The molecule has 6 nitrogen and oxygen atoms in total. The van der Waals surface area contributed by atoms with Crippen molar-refractivity contribution in [1.29, 1.82) is 0 Å². The van der Waals surface area contributed by atoms with E-state index in [9.17, 15) is 9.59 Å². The van der Waals surface area contributed by atoms with Crippen LogP contribution in [0.4, 0.5) is 0 Å². The second-order valence-corrected chi connectivity index (χ2v) is 7.36. The molecule has 0 spiro atoms. The Morgan fingerprint density at radius 2 is 2.04 bits per heavy atom. The number of carbonyl (C=O) groups is 2. The smallest absolute Gasteiger partial charge is 0.319 e. The molecule has 1 amide bonds. The molecule has 2 atom stereocenters. The first-order valence-corrected chi connectivity index (χ1v) is 9.35. The number of nitrogens with zero attached hydrogens (tertiary/aromatic N) is 2. The molecule has 2 aliphatic heterocycles. The van der Waals surface area contributed by atoms with Crippen molar-refractivity contribution in [2.24, 2.45) is 5.92 Å². The summed E-state index contributed by atoms with van der Waals surface area (Å²) in [6.07, 6.45) is 3.25. The Morgan fingerprint density at radius 1 is 1.23 bits per heavy atom. The van der Waals surface area contributed by atoms with Gasteiger partial charge in [-0.15, -0.1) is 0 Å². The minimum Gasteiger partial charge on any atom is -0.496 e. The van der Waals surface area contributed by atoms with Crippen molar-refractivity contribution in [3.8, 4) is 5.75 Å². The summed E-state index contributed by atoms with van der Waals surface area (Å²) >= 11 is 6.08. The molecule has 1 aromatic carbocycles. The number of hydrogen-bond donors (Lipinski definition) is 0. The second kappa shape index (κ2) is 8.27. The van der Waals surface area contributed by atoms with Crippen LogP contribution in [0.2, 0.25) is 5.02 Å². The third-order valence-corrected chi connectivity index (χ3v) is 5.62. The second-order valence-electron chi connectivity index (χ2n) is 6.92. The molecule has 26 heavy (non-hydrogen) atoms. The fourth-order valence-corrected chi connectivity index (χ4v) is 4.22. The van der Waals surface area contributed by atoms with Gasteiger partial charge in [-0.25, -0.2) is 0 Å². The monoisotopic (exact) mass is 380 g/mol. The van der Waals surface area contributed by atoms with E-state index in [-0.39, 0.29) is 24.5 Å². The highest BCUT2D eigenvalue weighted by molar-refractivity contribution is 6.31. The molecule has 0 bridgehead atoms. The quantitative estimate of drug-likeness (QED) is 0.751. The van der Waals surface area contributed by atoms with E-state index in [4.69, 9.17) is 21.1 Å². The fraction of sp³-hybridized carbons (Fsp3) is 0.579. The summed E-state index contributed by atoms with van der Waals surface area (Å²) in [4.78, 5) is 28.9. The Balaban J connectivity index is 1.78. The SMILES string of the molecule is COC(=O)CN1CCCC[C@H]2CN(C(=O)c3cc(Cl)ccc3OC)C[C@H]21. The molecule has 3 rings (SSSR count). The van der Waals surface area contributed by atoms with E-state index in [1.54, 1.807) is 25.3 Å². The Labute approximate surface area is 159 Å². The maximum absolute atomic E-state index is 13.1. The zero-order valence-electron chi connectivity index (χ0n) is 15.2. The van der Waals surface area contributed by atoms with Crippen LogP contribution in [0.25, 0.3) is 0 Å². The molecule has 0 aliphatic carbocycles. The molecule has 2 aliphatic rings. The van der Waals surface area contributed by atoms with Gasteiger partial charge >= 0.3 is 5.97 Å². The minimum atomic E-state index is -0.230. The lowest BCUT2D eigenvalue weighted by atomic mass is 9.98. The van der Waals surface area contributed by atoms with Crippen LogP contribution in [-0.2, 0) is 9.53 Å². The average Bonchev–Trinajstić information content (AvgIpc) is 2.99. The molecule has 1 aromatic rings. The fourth-order valence-electron chi connectivity index (χ4n) is 4.05. The van der Waals surface area contributed by atoms with Crippen LogP contribution in [0.5, 0.6) is 5.75 Å². The first-order chi connectivity index (χ1) is 12.5. The number of rotatable bonds is 4. The number of fused-ring (bicyclic) bond motifs is 1. The highest BCUT2D eigenvalue weighted by atomic mass is 35.5. The van der Waals surface area contributed by atoms with Crippen molar-refractivity contribution >= 4 is 23.5 Å². The highest BCUT2D eigenvalue weighted by Gasteiger charge is 2.40. The number of hydrogen-bond acceptors (Lipinski definition) is 5. The average molecular weight is 381 g/mol. The number of carbonyl (C=O) groups excluding carboxylic acids is 2. The third kappa shape index (κ3) is 3.96. The van der Waals surface area contributed by atoms with E-state index >= 15 is 0 Å². The highest BCUT2D eigenvalue weighted by Crippen LogP contribution is 2.32. The molecule has 2 saturated heterocycles. The number of amides is 1. The molecule has 2 fully saturated rings. The first-order valence-electron chi connectivity index (χ1n) is 8.97. The summed E-state index contributed by atoms with van der Waals surface area (Å²) < 4.78 is 10.2. The van der Waals surface area contributed by atoms with Gasteiger partial charge < -0.3 is 14.4 Å². The molecule has 7 heteroatoms. The van der Waals surface area contributed by atoms with Gasteiger partial charge in [0.2, 0.25) is 0 Å². The van der Waals surface area contributed by atoms with Gasteiger partial charge in [-0.1, -0.05) is 18.0 Å². The summed E-state index contributed by atoms with van der Waals surface area (Å²) in [7, 11) is 2.96. The lowest BCUT2D eigenvalue weighted by Gasteiger charge is -2.28. The Kier molecular flexibility index (Phi) is 6.04. The molecule has 2 heterocycles. The predicted molar refractivity (Wildman–Crippen MR) is 98.6 cm³/mol. The predicted octanol–water partition coefficient (Wildman–Crippen LogP) is 2.45. The van der Waals surface area contributed by atoms with E-state index in [0.717, 1.165) is 25.8 Å². The molecule has 0 aromatic heterocycles. The van der Waals surface area contributed by atoms with E-state index in [1.807, 2.05) is 4.90 Å². The van der Waals surface area contributed by atoms with Crippen LogP contribution in [0.15, 0.2) is 18.2 Å². The molecule has 0 radical (unpaired) electrons. The lowest BCUT2D eigenvalue weighted by Crippen LogP contribution is -2.43. The van der Waals surface area contributed by atoms with Gasteiger partial charge in [0, 0.05) is 24.2 Å². The summed E-state index contributed by atoms with van der Waals surface area (Å²) in [6.45, 7) is 2.44. The zero-order valence-corrected chi connectivity index (χ0v) is 16.0. The number of halogens is 1. The van der Waals surface area contributed by atoms with Crippen LogP contribution < -0.4 is 4.74 Å². The van der Waals surface area contributed by atoms with Gasteiger partial charge in [0.1, 0.15) is 5.75 Å². The summed E-state index contributed by atoms with van der Waals surface area (Å²) in [6, 6.07) is 5.27. The lowest BCUT2D eigenvalue weighted by molar-refractivity contribution is -0.142. The zero-order chi connectivity index (χ0) is 18.7.